The molecule has 6 aromatic heterocycles. The van der Waals surface area contributed by atoms with Gasteiger partial charge in [0.1, 0.15) is 22.1 Å². The Morgan fingerprint density at radius 1 is 0.179 bits per heavy atom. The fourth-order valence-corrected chi connectivity index (χ4v) is 15.3. The lowest BCUT2D eigenvalue weighted by molar-refractivity contribution is 1.07. The Bertz CT molecular complexity index is 6110. The number of fused-ring (bicyclic) bond motifs is 10. The summed E-state index contributed by atoms with van der Waals surface area (Å²) in [5.41, 5.74) is 25.9. The molecule has 11 nitrogen and oxygen atoms in total. The SMILES string of the molecule is c1ccc(-c2cc(-c3ccc(-c4ccc(-c5nc6ccccc6c6c5cc(-c5ccccc5)c5nsnc56)cc4)cc3)nc(-c3ccccc3)n2)cc1.c1ccc(-c2nc(-c3ccccc3)nc(-c3ccc(-c4ccc(-c5nc6ccccc6c6c5cc(-c5ccccc5)c5nsnc56)cc4)cc3)n2)cc1. The van der Waals surface area contributed by atoms with Gasteiger partial charge in [0.25, 0.3) is 0 Å². The molecule has 496 valence electrons. The molecule has 0 saturated heterocycles. The van der Waals surface area contributed by atoms with Crippen molar-refractivity contribution in [3.8, 4) is 135 Å². The zero-order valence-electron chi connectivity index (χ0n) is 56.6. The van der Waals surface area contributed by atoms with Crippen LogP contribution in [0.3, 0.4) is 0 Å². The maximum Gasteiger partial charge on any atom is 0.164 e. The Morgan fingerprint density at radius 3 is 0.811 bits per heavy atom. The van der Waals surface area contributed by atoms with Crippen LogP contribution in [0.1, 0.15) is 0 Å². The van der Waals surface area contributed by atoms with Gasteiger partial charge in [-0.3, -0.25) is 0 Å². The van der Waals surface area contributed by atoms with Crippen LogP contribution in [-0.4, -0.2) is 52.4 Å². The smallest absolute Gasteiger partial charge is 0.164 e. The van der Waals surface area contributed by atoms with Gasteiger partial charge in [0.05, 0.1) is 57.3 Å². The number of rotatable bonds is 12. The van der Waals surface area contributed by atoms with Crippen molar-refractivity contribution in [1.29, 1.82) is 0 Å². The molecular weight excluding hydrogens is 1340 g/mol. The van der Waals surface area contributed by atoms with E-state index in [0.717, 1.165) is 177 Å². The monoisotopic (exact) mass is 1390 g/mol. The number of nitrogens with zero attached hydrogens (tertiary/aromatic N) is 11. The molecule has 13 heteroatoms. The second-order valence-electron chi connectivity index (χ2n) is 25.8. The number of hydrogen-bond acceptors (Lipinski definition) is 13. The summed E-state index contributed by atoms with van der Waals surface area (Å²) < 4.78 is 19.2. The minimum atomic E-state index is 0.633. The van der Waals surface area contributed by atoms with E-state index in [0.29, 0.717) is 23.3 Å². The van der Waals surface area contributed by atoms with Crippen LogP contribution in [-0.2, 0) is 0 Å². The van der Waals surface area contributed by atoms with Gasteiger partial charge in [0.2, 0.25) is 0 Å². The van der Waals surface area contributed by atoms with Crippen LogP contribution in [0, 0.1) is 0 Å². The highest BCUT2D eigenvalue weighted by Crippen LogP contribution is 2.44. The van der Waals surface area contributed by atoms with Crippen LogP contribution in [0.4, 0.5) is 0 Å². The van der Waals surface area contributed by atoms with E-state index in [4.69, 9.17) is 52.4 Å². The Morgan fingerprint density at radius 2 is 0.443 bits per heavy atom. The molecule has 0 radical (unpaired) electrons. The van der Waals surface area contributed by atoms with Crippen molar-refractivity contribution in [3.05, 3.63) is 346 Å². The van der Waals surface area contributed by atoms with Crippen molar-refractivity contribution in [2.75, 3.05) is 0 Å². The van der Waals surface area contributed by atoms with Crippen molar-refractivity contribution >= 4 is 88.9 Å². The summed E-state index contributed by atoms with van der Waals surface area (Å²) in [5, 5.41) is 6.44. The Labute approximate surface area is 618 Å². The van der Waals surface area contributed by atoms with Crippen molar-refractivity contribution in [2.24, 2.45) is 0 Å². The van der Waals surface area contributed by atoms with E-state index >= 15 is 0 Å². The first-order valence-corrected chi connectivity index (χ1v) is 36.4. The van der Waals surface area contributed by atoms with Gasteiger partial charge in [0.15, 0.2) is 23.3 Å². The van der Waals surface area contributed by atoms with Crippen LogP contribution in [0.25, 0.3) is 201 Å². The highest BCUT2D eigenvalue weighted by Gasteiger charge is 2.23. The van der Waals surface area contributed by atoms with Gasteiger partial charge < -0.3 is 0 Å². The number of para-hydroxylation sites is 2. The third kappa shape index (κ3) is 12.0. The second-order valence-corrected chi connectivity index (χ2v) is 26.9. The van der Waals surface area contributed by atoms with Gasteiger partial charge in [-0.2, -0.15) is 17.5 Å². The predicted molar refractivity (Wildman–Crippen MR) is 435 cm³/mol. The molecule has 0 aliphatic heterocycles. The predicted octanol–water partition coefficient (Wildman–Crippen LogP) is 23.8. The lowest BCUT2D eigenvalue weighted by atomic mass is 9.93. The second kappa shape index (κ2) is 27.5. The third-order valence-electron chi connectivity index (χ3n) is 19.4. The molecule has 6 heterocycles. The first kappa shape index (κ1) is 63.1. The van der Waals surface area contributed by atoms with E-state index in [2.05, 4.69) is 224 Å². The average molecular weight is 1390 g/mol. The zero-order chi connectivity index (χ0) is 70.3. The molecule has 20 aromatic rings. The Kier molecular flexibility index (Phi) is 16.4. The molecule has 0 aliphatic rings. The summed E-state index contributed by atoms with van der Waals surface area (Å²) in [6, 6.07) is 119. The zero-order valence-corrected chi connectivity index (χ0v) is 58.3. The molecule has 0 aliphatic carbocycles. The van der Waals surface area contributed by atoms with E-state index in [1.165, 1.54) is 23.5 Å². The summed E-state index contributed by atoms with van der Waals surface area (Å²) >= 11 is 2.51. The number of hydrogen-bond donors (Lipinski definition) is 0. The quantitative estimate of drug-likeness (QED) is 0.108. The first-order chi connectivity index (χ1) is 52.5. The molecule has 0 spiro atoms. The Hall–Kier alpha value is -13.9. The van der Waals surface area contributed by atoms with Crippen LogP contribution in [0.15, 0.2) is 346 Å². The number of benzene rings is 14. The minimum absolute atomic E-state index is 0.633. The summed E-state index contributed by atoms with van der Waals surface area (Å²) in [7, 11) is 0. The molecule has 20 rings (SSSR count). The fourth-order valence-electron chi connectivity index (χ4n) is 14.1. The molecule has 0 saturated carbocycles. The average Bonchev–Trinajstić information content (AvgIpc) is 1.34. The maximum absolute atomic E-state index is 5.25. The summed E-state index contributed by atoms with van der Waals surface area (Å²) in [5.74, 6) is 2.63. The Balaban J connectivity index is 0.000000145. The van der Waals surface area contributed by atoms with Gasteiger partial charge in [0, 0.05) is 88.0 Å². The molecular formula is C93H57N11S2. The van der Waals surface area contributed by atoms with Crippen molar-refractivity contribution < 1.29 is 0 Å². The lowest BCUT2D eigenvalue weighted by Crippen LogP contribution is -2.00. The van der Waals surface area contributed by atoms with Gasteiger partial charge >= 0.3 is 0 Å². The fraction of sp³-hybridized carbons (Fsp3) is 0. The van der Waals surface area contributed by atoms with Crippen molar-refractivity contribution in [3.63, 3.8) is 0 Å². The highest BCUT2D eigenvalue weighted by atomic mass is 32.1. The van der Waals surface area contributed by atoms with Gasteiger partial charge in [-0.15, -0.1) is 0 Å². The van der Waals surface area contributed by atoms with E-state index < -0.39 is 0 Å². The normalized spacial score (nSPS) is 11.4. The highest BCUT2D eigenvalue weighted by molar-refractivity contribution is 7.00. The number of pyridine rings is 2. The van der Waals surface area contributed by atoms with E-state index in [1.807, 2.05) is 121 Å². The van der Waals surface area contributed by atoms with Crippen LogP contribution >= 0.6 is 23.5 Å². The summed E-state index contributed by atoms with van der Waals surface area (Å²) in [6.45, 7) is 0. The molecule has 0 amide bonds. The molecule has 0 N–H and O–H groups in total. The molecule has 0 unspecified atom stereocenters. The molecule has 106 heavy (non-hydrogen) atoms. The van der Waals surface area contributed by atoms with Crippen LogP contribution in [0.2, 0.25) is 0 Å². The summed E-state index contributed by atoms with van der Waals surface area (Å²) in [4.78, 5) is 35.1. The van der Waals surface area contributed by atoms with E-state index in [9.17, 15) is 0 Å². The van der Waals surface area contributed by atoms with Crippen molar-refractivity contribution in [1.82, 2.24) is 52.4 Å². The van der Waals surface area contributed by atoms with Crippen molar-refractivity contribution in [2.45, 2.75) is 0 Å². The first-order valence-electron chi connectivity index (χ1n) is 34.9. The molecule has 0 bridgehead atoms. The van der Waals surface area contributed by atoms with E-state index in [1.54, 1.807) is 0 Å². The van der Waals surface area contributed by atoms with E-state index in [-0.39, 0.29) is 0 Å². The largest absolute Gasteiger partial charge is 0.247 e. The van der Waals surface area contributed by atoms with Gasteiger partial charge in [-0.05, 0) is 63.7 Å². The van der Waals surface area contributed by atoms with Crippen LogP contribution in [0.5, 0.6) is 0 Å². The topological polar surface area (TPSA) is 142 Å². The van der Waals surface area contributed by atoms with Gasteiger partial charge in [-0.1, -0.05) is 315 Å². The molecule has 0 atom stereocenters. The number of aromatic nitrogens is 11. The molecule has 0 fully saturated rings. The molecule has 14 aromatic carbocycles. The summed E-state index contributed by atoms with van der Waals surface area (Å²) in [6.07, 6.45) is 0. The minimum Gasteiger partial charge on any atom is -0.247 e. The van der Waals surface area contributed by atoms with Gasteiger partial charge in [-0.25, -0.2) is 34.9 Å². The standard InChI is InChI=1S/C47H29N5S.C46H28N6S/c1-4-12-32(13-5-1)38-28-39-43(46-45(38)51-53-52-46)37-18-10-11-19-40(37)48-44(39)35-26-22-31(23-27-35)30-20-24-34(25-21-30)42-29-41(33-14-6-2-7-15-33)49-47(50-42)36-16-8-3-9-17-36;1-4-12-31(13-5-1)37-28-38-40(43-42(37)51-53-52-43)36-18-10-11-19-39(36)47-41(38)32-24-20-29(21-25-32)30-22-26-35(27-23-30)46-49-44(33-14-6-2-7-15-33)48-45(50-46)34-16-8-3-9-17-34/h1-29H;1-28H. The maximum atomic E-state index is 5.25. The lowest BCUT2D eigenvalue weighted by Gasteiger charge is -2.13. The third-order valence-corrected chi connectivity index (χ3v) is 20.5. The van der Waals surface area contributed by atoms with Crippen LogP contribution < -0.4 is 0 Å².